The quantitative estimate of drug-likeness (QED) is 0.467. The van der Waals surface area contributed by atoms with Crippen molar-refractivity contribution in [2.24, 2.45) is 5.14 Å². The minimum atomic E-state index is -3.76. The van der Waals surface area contributed by atoms with E-state index < -0.39 is 10.0 Å². The summed E-state index contributed by atoms with van der Waals surface area (Å²) < 4.78 is 23.0. The van der Waals surface area contributed by atoms with Crippen molar-refractivity contribution in [3.63, 3.8) is 0 Å². The topological polar surface area (TPSA) is 147 Å². The van der Waals surface area contributed by atoms with Crippen LogP contribution in [0.1, 0.15) is 30.0 Å². The van der Waals surface area contributed by atoms with Gasteiger partial charge < -0.3 is 10.4 Å². The Bertz CT molecular complexity index is 1070. The normalized spacial score (nSPS) is 14.4. The zero-order valence-electron chi connectivity index (χ0n) is 14.2. The summed E-state index contributed by atoms with van der Waals surface area (Å²) in [5.41, 5.74) is 1.83. The zero-order chi connectivity index (χ0) is 19.0. The molecule has 0 saturated heterocycles. The summed E-state index contributed by atoms with van der Waals surface area (Å²) >= 11 is 1.01. The minimum absolute atomic E-state index is 0.0418. The summed E-state index contributed by atoms with van der Waals surface area (Å²) in [5.74, 6) is 2.08. The monoisotopic (exact) mass is 406 g/mol. The lowest BCUT2D eigenvalue weighted by Crippen LogP contribution is -2.09. The van der Waals surface area contributed by atoms with Crippen LogP contribution in [0.2, 0.25) is 0 Å². The van der Waals surface area contributed by atoms with Crippen molar-refractivity contribution >= 4 is 33.0 Å². The Balaban J connectivity index is 1.65. The fourth-order valence-electron chi connectivity index (χ4n) is 2.66. The number of hydrogen-bond acceptors (Lipinski definition) is 8. The SMILES string of the molecule is NS(=O)(=O)c1ccc(-c2ncc(CCO)c(Nc3cc(C4CC4)[nH]n3)n2)s1. The molecule has 5 N–H and O–H groups in total. The first-order valence-corrected chi connectivity index (χ1v) is 10.7. The van der Waals surface area contributed by atoms with Crippen LogP contribution >= 0.6 is 11.3 Å². The lowest BCUT2D eigenvalue weighted by molar-refractivity contribution is 0.299. The van der Waals surface area contributed by atoms with Gasteiger partial charge in [0.25, 0.3) is 0 Å². The second-order valence-electron chi connectivity index (χ2n) is 6.31. The van der Waals surface area contributed by atoms with E-state index in [4.69, 9.17) is 5.14 Å². The van der Waals surface area contributed by atoms with Crippen LogP contribution in [0, 0.1) is 0 Å². The smallest absolute Gasteiger partial charge is 0.247 e. The van der Waals surface area contributed by atoms with Crippen molar-refractivity contribution in [2.45, 2.75) is 29.4 Å². The number of H-pyrrole nitrogens is 1. The third-order valence-corrected chi connectivity index (χ3v) is 6.71. The number of anilines is 2. The molecule has 0 bridgehead atoms. The minimum Gasteiger partial charge on any atom is -0.396 e. The molecule has 9 nitrogen and oxygen atoms in total. The van der Waals surface area contributed by atoms with Crippen molar-refractivity contribution in [3.8, 4) is 10.7 Å². The number of hydrogen-bond donors (Lipinski definition) is 4. The fraction of sp³-hybridized carbons (Fsp3) is 0.312. The molecule has 0 aliphatic heterocycles. The van der Waals surface area contributed by atoms with Crippen molar-refractivity contribution in [1.82, 2.24) is 20.2 Å². The van der Waals surface area contributed by atoms with E-state index in [0.29, 0.717) is 34.7 Å². The van der Waals surface area contributed by atoms with Gasteiger partial charge in [-0.3, -0.25) is 5.10 Å². The Kier molecular flexibility index (Phi) is 4.68. The van der Waals surface area contributed by atoms with Gasteiger partial charge in [-0.2, -0.15) is 5.10 Å². The summed E-state index contributed by atoms with van der Waals surface area (Å²) in [6.45, 7) is -0.0418. The number of aliphatic hydroxyl groups is 1. The van der Waals surface area contributed by atoms with Crippen LogP contribution in [0.15, 0.2) is 28.6 Å². The number of nitrogens with zero attached hydrogens (tertiary/aromatic N) is 3. The molecular formula is C16H18N6O3S2. The summed E-state index contributed by atoms with van der Waals surface area (Å²) in [4.78, 5) is 9.38. The number of thiophene rings is 1. The molecule has 1 aliphatic rings. The maximum absolute atomic E-state index is 11.5. The van der Waals surface area contributed by atoms with Crippen LogP contribution in [-0.2, 0) is 16.4 Å². The van der Waals surface area contributed by atoms with E-state index in [0.717, 1.165) is 22.6 Å². The molecular weight excluding hydrogens is 388 g/mol. The Hall–Kier alpha value is -2.34. The molecule has 0 aromatic carbocycles. The molecule has 0 spiro atoms. The number of rotatable bonds is 7. The van der Waals surface area contributed by atoms with Crippen molar-refractivity contribution < 1.29 is 13.5 Å². The number of primary sulfonamides is 1. The molecule has 3 aromatic rings. The highest BCUT2D eigenvalue weighted by Crippen LogP contribution is 2.39. The molecule has 3 heterocycles. The largest absolute Gasteiger partial charge is 0.396 e. The number of sulfonamides is 1. The molecule has 0 radical (unpaired) electrons. The van der Waals surface area contributed by atoms with E-state index in [1.54, 1.807) is 12.3 Å². The highest BCUT2D eigenvalue weighted by molar-refractivity contribution is 7.91. The molecule has 1 saturated carbocycles. The summed E-state index contributed by atoms with van der Waals surface area (Å²) in [7, 11) is -3.76. The lowest BCUT2D eigenvalue weighted by atomic mass is 10.2. The summed E-state index contributed by atoms with van der Waals surface area (Å²) in [6, 6.07) is 5.00. The second kappa shape index (κ2) is 7.00. The molecule has 11 heteroatoms. The highest BCUT2D eigenvalue weighted by Gasteiger charge is 2.25. The van der Waals surface area contributed by atoms with Crippen molar-refractivity contribution in [3.05, 3.63) is 35.7 Å². The maximum atomic E-state index is 11.5. The van der Waals surface area contributed by atoms with Crippen LogP contribution in [0.25, 0.3) is 10.7 Å². The van der Waals surface area contributed by atoms with Gasteiger partial charge in [0.1, 0.15) is 10.0 Å². The van der Waals surface area contributed by atoms with Gasteiger partial charge in [0.2, 0.25) is 10.0 Å². The van der Waals surface area contributed by atoms with Gasteiger partial charge in [-0.25, -0.2) is 23.5 Å². The van der Waals surface area contributed by atoms with E-state index in [9.17, 15) is 13.5 Å². The Morgan fingerprint density at radius 3 is 2.85 bits per heavy atom. The van der Waals surface area contributed by atoms with E-state index in [2.05, 4.69) is 25.5 Å². The average molecular weight is 406 g/mol. The standard InChI is InChI=1S/C16H18N6O3S2/c17-27(24,25)14-4-3-12(26-14)16-18-8-10(5-6-23)15(20-16)19-13-7-11(21-22-13)9-1-2-9/h3-4,7-9,23H,1-2,5-6H2,(H2,17,24,25)(H2,18,19,20,21,22). The molecule has 27 heavy (non-hydrogen) atoms. The van der Waals surface area contributed by atoms with Crippen molar-refractivity contribution in [1.29, 1.82) is 0 Å². The lowest BCUT2D eigenvalue weighted by Gasteiger charge is -2.09. The van der Waals surface area contributed by atoms with Crippen molar-refractivity contribution in [2.75, 3.05) is 11.9 Å². The third kappa shape index (κ3) is 4.00. The molecule has 3 aromatic heterocycles. The number of nitrogens with two attached hydrogens (primary N) is 1. The van der Waals surface area contributed by atoms with Gasteiger partial charge in [0, 0.05) is 42.5 Å². The molecule has 0 atom stereocenters. The molecule has 1 fully saturated rings. The number of nitrogens with one attached hydrogen (secondary N) is 2. The Morgan fingerprint density at radius 2 is 2.19 bits per heavy atom. The number of aromatic nitrogens is 4. The van der Waals surface area contributed by atoms with Gasteiger partial charge in [-0.05, 0) is 25.0 Å². The second-order valence-corrected chi connectivity index (χ2v) is 9.18. The van der Waals surface area contributed by atoms with Gasteiger partial charge in [-0.15, -0.1) is 11.3 Å². The predicted molar refractivity (Wildman–Crippen MR) is 101 cm³/mol. The van der Waals surface area contributed by atoms with E-state index in [1.165, 1.54) is 18.9 Å². The third-order valence-electron chi connectivity index (χ3n) is 4.19. The first-order chi connectivity index (χ1) is 12.9. The Labute approximate surface area is 159 Å². The van der Waals surface area contributed by atoms with Crippen LogP contribution in [0.3, 0.4) is 0 Å². The van der Waals surface area contributed by atoms with E-state index >= 15 is 0 Å². The summed E-state index contributed by atoms with van der Waals surface area (Å²) in [5, 5.41) is 24.9. The first-order valence-electron chi connectivity index (χ1n) is 8.36. The maximum Gasteiger partial charge on any atom is 0.247 e. The first kappa shape index (κ1) is 18.0. The number of aromatic amines is 1. The van der Waals surface area contributed by atoms with Crippen LogP contribution in [-0.4, -0.2) is 40.3 Å². The Morgan fingerprint density at radius 1 is 1.37 bits per heavy atom. The molecule has 4 rings (SSSR count). The predicted octanol–water partition coefficient (Wildman–Crippen LogP) is 1.73. The van der Waals surface area contributed by atoms with Crippen LogP contribution in [0.4, 0.5) is 11.6 Å². The molecule has 1 aliphatic carbocycles. The van der Waals surface area contributed by atoms with Gasteiger partial charge >= 0.3 is 0 Å². The molecule has 0 unspecified atom stereocenters. The van der Waals surface area contributed by atoms with Crippen LogP contribution < -0.4 is 10.5 Å². The van der Waals surface area contributed by atoms with Gasteiger partial charge in [-0.1, -0.05) is 0 Å². The highest BCUT2D eigenvalue weighted by atomic mass is 32.2. The average Bonchev–Trinajstić information content (AvgIpc) is 3.16. The fourth-order valence-corrected chi connectivity index (χ4v) is 4.33. The van der Waals surface area contributed by atoms with E-state index in [-0.39, 0.29) is 10.8 Å². The zero-order valence-corrected chi connectivity index (χ0v) is 15.8. The summed E-state index contributed by atoms with van der Waals surface area (Å²) in [6.07, 6.45) is 4.33. The van der Waals surface area contributed by atoms with Crippen LogP contribution in [0.5, 0.6) is 0 Å². The molecule has 142 valence electrons. The van der Waals surface area contributed by atoms with Gasteiger partial charge in [0.15, 0.2) is 11.6 Å². The number of aliphatic hydroxyl groups excluding tert-OH is 1. The van der Waals surface area contributed by atoms with Gasteiger partial charge in [0.05, 0.1) is 4.88 Å². The molecule has 0 amide bonds. The van der Waals surface area contributed by atoms with E-state index in [1.807, 2.05) is 6.07 Å².